The quantitative estimate of drug-likeness (QED) is 0.815. The highest BCUT2D eigenvalue weighted by atomic mass is 16.5. The van der Waals surface area contributed by atoms with Crippen LogP contribution in [0.1, 0.15) is 23.6 Å². The van der Waals surface area contributed by atoms with E-state index in [1.165, 1.54) is 11.1 Å². The maximum atomic E-state index is 11.6. The molecule has 0 amide bonds. The average molecular weight is 259 g/mol. The van der Waals surface area contributed by atoms with Crippen molar-refractivity contribution in [1.29, 1.82) is 0 Å². The number of hydrogen-bond donors (Lipinski definition) is 0. The van der Waals surface area contributed by atoms with Crippen LogP contribution < -0.4 is 9.47 Å². The number of carbonyl (C=O) groups excluding carboxylic acids is 1. The van der Waals surface area contributed by atoms with Crippen LogP contribution in [0.4, 0.5) is 0 Å². The van der Waals surface area contributed by atoms with E-state index >= 15 is 0 Å². The molecule has 0 radical (unpaired) electrons. The van der Waals surface area contributed by atoms with Gasteiger partial charge in [0.05, 0.1) is 20.3 Å². The van der Waals surface area contributed by atoms with Gasteiger partial charge in [-0.1, -0.05) is 0 Å². The first kappa shape index (κ1) is 12.1. The zero-order chi connectivity index (χ0) is 13.4. The molecule has 0 aliphatic carbocycles. The fraction of sp³-hybridized carbons (Fsp3) is 0.400. The lowest BCUT2D eigenvalue weighted by Crippen LogP contribution is -2.35. The molecule has 0 N–H and O–H groups in total. The Labute approximate surface area is 112 Å². The maximum Gasteiger partial charge on any atom is 0.161 e. The molecule has 4 nitrogen and oxygen atoms in total. The number of ketones is 1. The summed E-state index contributed by atoms with van der Waals surface area (Å²) < 4.78 is 10.7. The number of hydrogen-bond acceptors (Lipinski definition) is 4. The van der Waals surface area contributed by atoms with E-state index < -0.39 is 0 Å². The molecule has 0 saturated heterocycles. The molecule has 2 heterocycles. The molecule has 19 heavy (non-hydrogen) atoms. The number of allylic oxidation sites excluding steroid dienone is 1. The minimum absolute atomic E-state index is 0.140. The molecule has 100 valence electrons. The molecular formula is C15H17NO3. The largest absolute Gasteiger partial charge is 0.493 e. The second-order valence-corrected chi connectivity index (χ2v) is 4.90. The summed E-state index contributed by atoms with van der Waals surface area (Å²) in [6.45, 7) is 0.941. The Morgan fingerprint density at radius 1 is 1.21 bits per heavy atom. The molecule has 1 aromatic rings. The van der Waals surface area contributed by atoms with Crippen LogP contribution in [0.15, 0.2) is 24.4 Å². The first-order valence-corrected chi connectivity index (χ1v) is 6.44. The molecule has 0 saturated carbocycles. The molecule has 0 aromatic heterocycles. The number of nitrogens with zero attached hydrogens (tertiary/aromatic N) is 1. The van der Waals surface area contributed by atoms with Gasteiger partial charge in [-0.05, 0) is 35.8 Å². The smallest absolute Gasteiger partial charge is 0.161 e. The Morgan fingerprint density at radius 3 is 2.68 bits per heavy atom. The van der Waals surface area contributed by atoms with Gasteiger partial charge in [0.25, 0.3) is 0 Å². The molecule has 1 unspecified atom stereocenters. The molecule has 0 bridgehead atoms. The number of ether oxygens (including phenoxy) is 2. The Kier molecular flexibility index (Phi) is 2.93. The SMILES string of the molecule is COc1cc2c(cc1OC)C1CC(=O)C=CN1CC2. The van der Waals surface area contributed by atoms with Crippen molar-refractivity contribution in [2.45, 2.75) is 18.9 Å². The third-order valence-corrected chi connectivity index (χ3v) is 3.89. The van der Waals surface area contributed by atoms with Crippen molar-refractivity contribution in [3.63, 3.8) is 0 Å². The zero-order valence-electron chi connectivity index (χ0n) is 11.2. The molecule has 2 aliphatic rings. The Hall–Kier alpha value is -1.97. The lowest BCUT2D eigenvalue weighted by atomic mass is 9.88. The van der Waals surface area contributed by atoms with Crippen LogP contribution in [0, 0.1) is 0 Å². The summed E-state index contributed by atoms with van der Waals surface area (Å²) >= 11 is 0. The van der Waals surface area contributed by atoms with Crippen molar-refractivity contribution in [2.75, 3.05) is 20.8 Å². The van der Waals surface area contributed by atoms with E-state index in [2.05, 4.69) is 4.90 Å². The second-order valence-electron chi connectivity index (χ2n) is 4.90. The molecule has 1 aromatic carbocycles. The van der Waals surface area contributed by atoms with Gasteiger partial charge in [0.1, 0.15) is 0 Å². The summed E-state index contributed by atoms with van der Waals surface area (Å²) in [4.78, 5) is 13.9. The summed E-state index contributed by atoms with van der Waals surface area (Å²) in [6, 6.07) is 4.19. The standard InChI is InChI=1S/C15H17NO3/c1-18-14-7-10-3-5-16-6-4-11(17)8-13(16)12(10)9-15(14)19-2/h4,6-7,9,13H,3,5,8H2,1-2H3. The van der Waals surface area contributed by atoms with E-state index in [-0.39, 0.29) is 11.8 Å². The Balaban J connectivity index is 2.07. The predicted molar refractivity (Wildman–Crippen MR) is 71.5 cm³/mol. The Bertz CT molecular complexity index is 551. The van der Waals surface area contributed by atoms with E-state index in [0.717, 1.165) is 24.5 Å². The van der Waals surface area contributed by atoms with Gasteiger partial charge in [0.2, 0.25) is 0 Å². The second kappa shape index (κ2) is 4.61. The van der Waals surface area contributed by atoms with Crippen LogP contribution in [0.25, 0.3) is 0 Å². The van der Waals surface area contributed by atoms with E-state index in [0.29, 0.717) is 6.42 Å². The molecule has 2 aliphatic heterocycles. The lowest BCUT2D eigenvalue weighted by molar-refractivity contribution is -0.116. The van der Waals surface area contributed by atoms with Crippen molar-refractivity contribution in [2.24, 2.45) is 0 Å². The number of carbonyl (C=O) groups is 1. The maximum absolute atomic E-state index is 11.6. The summed E-state index contributed by atoms with van der Waals surface area (Å²) in [7, 11) is 3.28. The van der Waals surface area contributed by atoms with Gasteiger partial charge < -0.3 is 14.4 Å². The average Bonchev–Trinajstić information content (AvgIpc) is 2.45. The van der Waals surface area contributed by atoms with E-state index in [4.69, 9.17) is 9.47 Å². The van der Waals surface area contributed by atoms with Crippen molar-refractivity contribution in [3.8, 4) is 11.5 Å². The van der Waals surface area contributed by atoms with Crippen LogP contribution in [0.3, 0.4) is 0 Å². The highest BCUT2D eigenvalue weighted by Crippen LogP contribution is 2.40. The molecular weight excluding hydrogens is 242 g/mol. The van der Waals surface area contributed by atoms with E-state index in [1.54, 1.807) is 20.3 Å². The minimum atomic E-state index is 0.140. The van der Waals surface area contributed by atoms with Crippen molar-refractivity contribution in [3.05, 3.63) is 35.5 Å². The Morgan fingerprint density at radius 2 is 1.95 bits per heavy atom. The molecule has 0 spiro atoms. The molecule has 1 atom stereocenters. The van der Waals surface area contributed by atoms with Crippen LogP contribution in [-0.4, -0.2) is 31.4 Å². The van der Waals surface area contributed by atoms with Gasteiger partial charge >= 0.3 is 0 Å². The van der Waals surface area contributed by atoms with Gasteiger partial charge in [-0.3, -0.25) is 4.79 Å². The highest BCUT2D eigenvalue weighted by molar-refractivity contribution is 5.91. The summed E-state index contributed by atoms with van der Waals surface area (Å²) in [6.07, 6.45) is 5.09. The van der Waals surface area contributed by atoms with Crippen molar-refractivity contribution < 1.29 is 14.3 Å². The first-order chi connectivity index (χ1) is 9.22. The van der Waals surface area contributed by atoms with E-state index in [1.807, 2.05) is 18.3 Å². The molecule has 0 fully saturated rings. The monoisotopic (exact) mass is 259 g/mol. The lowest BCUT2D eigenvalue weighted by Gasteiger charge is -2.38. The van der Waals surface area contributed by atoms with Gasteiger partial charge in [-0.2, -0.15) is 0 Å². The predicted octanol–water partition coefficient (Wildman–Crippen LogP) is 2.09. The molecule has 4 heteroatoms. The van der Waals surface area contributed by atoms with Gasteiger partial charge in [0.15, 0.2) is 17.3 Å². The van der Waals surface area contributed by atoms with Crippen molar-refractivity contribution >= 4 is 5.78 Å². The van der Waals surface area contributed by atoms with Gasteiger partial charge in [-0.15, -0.1) is 0 Å². The van der Waals surface area contributed by atoms with Crippen LogP contribution in [0.5, 0.6) is 11.5 Å². The third kappa shape index (κ3) is 1.97. The van der Waals surface area contributed by atoms with Gasteiger partial charge in [0, 0.05) is 19.2 Å². The topological polar surface area (TPSA) is 38.8 Å². The third-order valence-electron chi connectivity index (χ3n) is 3.89. The number of benzene rings is 1. The first-order valence-electron chi connectivity index (χ1n) is 6.44. The number of fused-ring (bicyclic) bond motifs is 3. The van der Waals surface area contributed by atoms with Crippen LogP contribution in [0.2, 0.25) is 0 Å². The number of methoxy groups -OCH3 is 2. The fourth-order valence-corrected chi connectivity index (χ4v) is 2.89. The highest BCUT2D eigenvalue weighted by Gasteiger charge is 2.30. The normalized spacial score (nSPS) is 20.8. The van der Waals surface area contributed by atoms with Crippen molar-refractivity contribution in [1.82, 2.24) is 4.90 Å². The van der Waals surface area contributed by atoms with E-state index in [9.17, 15) is 4.79 Å². The summed E-state index contributed by atoms with van der Waals surface area (Å²) in [5.41, 5.74) is 2.43. The zero-order valence-corrected chi connectivity index (χ0v) is 11.2. The fourth-order valence-electron chi connectivity index (χ4n) is 2.89. The van der Waals surface area contributed by atoms with Gasteiger partial charge in [-0.25, -0.2) is 0 Å². The number of rotatable bonds is 2. The van der Waals surface area contributed by atoms with Crippen LogP contribution >= 0.6 is 0 Å². The summed E-state index contributed by atoms with van der Waals surface area (Å²) in [5.74, 6) is 1.67. The summed E-state index contributed by atoms with van der Waals surface area (Å²) in [5, 5.41) is 0. The molecule has 3 rings (SSSR count). The minimum Gasteiger partial charge on any atom is -0.493 e. The van der Waals surface area contributed by atoms with Crippen LogP contribution in [-0.2, 0) is 11.2 Å².